The summed E-state index contributed by atoms with van der Waals surface area (Å²) in [6.07, 6.45) is 1.82. The standard InChI is InChI=1S/C22H35N7O8/c1-11(2)7-16(21(35)28-15(22(36)37)3-5-17(24)30)29-20(34)14(4-6-18(31)32)27-19(33)13(23)8-12-9-25-10-26-12/h9-11,13-16H,3-8,23H2,1-2H3,(H2,24,30)(H,25,26)(H,27,33)(H,28,35)(H,29,34)(H,31,32)(H,36,37). The zero-order chi connectivity index (χ0) is 28.1. The zero-order valence-electron chi connectivity index (χ0n) is 20.7. The monoisotopic (exact) mass is 525 g/mol. The first-order valence-electron chi connectivity index (χ1n) is 11.7. The van der Waals surface area contributed by atoms with Crippen molar-refractivity contribution < 1.29 is 39.0 Å². The lowest BCUT2D eigenvalue weighted by Gasteiger charge is -2.26. The molecule has 15 nitrogen and oxygen atoms in total. The number of hydrogen-bond donors (Lipinski definition) is 8. The predicted molar refractivity (Wildman–Crippen MR) is 128 cm³/mol. The summed E-state index contributed by atoms with van der Waals surface area (Å²) in [5.41, 5.74) is 11.5. The van der Waals surface area contributed by atoms with Crippen molar-refractivity contribution in [1.29, 1.82) is 0 Å². The molecule has 0 aliphatic heterocycles. The van der Waals surface area contributed by atoms with Gasteiger partial charge in [-0.3, -0.25) is 24.0 Å². The number of carbonyl (C=O) groups is 6. The maximum absolute atomic E-state index is 13.0. The van der Waals surface area contributed by atoms with Gasteiger partial charge in [0.25, 0.3) is 0 Å². The third-order valence-corrected chi connectivity index (χ3v) is 5.25. The molecule has 0 bridgehead atoms. The van der Waals surface area contributed by atoms with Crippen LogP contribution in [-0.4, -0.2) is 79.9 Å². The van der Waals surface area contributed by atoms with Crippen LogP contribution in [0.1, 0.15) is 51.6 Å². The number of primary amides is 1. The first-order valence-corrected chi connectivity index (χ1v) is 11.7. The Morgan fingerprint density at radius 3 is 2.00 bits per heavy atom. The highest BCUT2D eigenvalue weighted by molar-refractivity contribution is 5.94. The molecule has 0 fully saturated rings. The van der Waals surface area contributed by atoms with E-state index in [0.717, 1.165) is 0 Å². The van der Waals surface area contributed by atoms with Crippen molar-refractivity contribution in [3.05, 3.63) is 18.2 Å². The number of carbonyl (C=O) groups excluding carboxylic acids is 4. The van der Waals surface area contributed by atoms with E-state index in [4.69, 9.17) is 16.6 Å². The zero-order valence-corrected chi connectivity index (χ0v) is 20.7. The number of nitrogens with two attached hydrogens (primary N) is 2. The van der Waals surface area contributed by atoms with Crippen molar-refractivity contribution >= 4 is 35.6 Å². The number of imidazole rings is 1. The molecule has 0 aliphatic rings. The summed E-state index contributed by atoms with van der Waals surface area (Å²) in [4.78, 5) is 78.7. The second-order valence-electron chi connectivity index (χ2n) is 8.98. The normalized spacial score (nSPS) is 14.2. The van der Waals surface area contributed by atoms with Crippen LogP contribution < -0.4 is 27.4 Å². The Labute approximate surface area is 213 Å². The van der Waals surface area contributed by atoms with Crippen LogP contribution in [0.15, 0.2) is 12.5 Å². The molecule has 10 N–H and O–H groups in total. The number of aromatic amines is 1. The van der Waals surface area contributed by atoms with E-state index in [0.29, 0.717) is 5.69 Å². The number of aromatic nitrogens is 2. The fourth-order valence-corrected chi connectivity index (χ4v) is 3.33. The van der Waals surface area contributed by atoms with Crippen molar-refractivity contribution in [2.45, 2.75) is 76.5 Å². The van der Waals surface area contributed by atoms with E-state index >= 15 is 0 Å². The molecule has 0 saturated carbocycles. The Hall–Kier alpha value is -4.01. The van der Waals surface area contributed by atoms with Crippen LogP contribution in [0.4, 0.5) is 0 Å². The average molecular weight is 526 g/mol. The number of hydrogen-bond acceptors (Lipinski definition) is 8. The van der Waals surface area contributed by atoms with Crippen LogP contribution in [0, 0.1) is 5.92 Å². The molecule has 0 aromatic carbocycles. The summed E-state index contributed by atoms with van der Waals surface area (Å²) in [5, 5.41) is 25.6. The highest BCUT2D eigenvalue weighted by Crippen LogP contribution is 2.09. The largest absolute Gasteiger partial charge is 0.481 e. The van der Waals surface area contributed by atoms with Crippen molar-refractivity contribution in [3.63, 3.8) is 0 Å². The van der Waals surface area contributed by atoms with E-state index in [9.17, 15) is 33.9 Å². The number of rotatable bonds is 17. The van der Waals surface area contributed by atoms with Gasteiger partial charge in [-0.05, 0) is 25.2 Å². The van der Waals surface area contributed by atoms with Gasteiger partial charge in [0.15, 0.2) is 0 Å². The maximum Gasteiger partial charge on any atom is 0.326 e. The molecule has 1 heterocycles. The van der Waals surface area contributed by atoms with Gasteiger partial charge in [-0.15, -0.1) is 0 Å². The van der Waals surface area contributed by atoms with Gasteiger partial charge in [-0.1, -0.05) is 13.8 Å². The summed E-state index contributed by atoms with van der Waals surface area (Å²) in [6, 6.07) is -5.03. The van der Waals surface area contributed by atoms with Crippen LogP contribution >= 0.6 is 0 Å². The van der Waals surface area contributed by atoms with Crippen LogP contribution in [0.3, 0.4) is 0 Å². The van der Waals surface area contributed by atoms with Gasteiger partial charge in [0.05, 0.1) is 12.4 Å². The molecule has 15 heteroatoms. The molecule has 1 rings (SSSR count). The molecule has 4 amide bonds. The summed E-state index contributed by atoms with van der Waals surface area (Å²) in [5.74, 6) is -5.82. The van der Waals surface area contributed by atoms with Gasteiger partial charge in [-0.25, -0.2) is 9.78 Å². The van der Waals surface area contributed by atoms with Crippen LogP contribution in [-0.2, 0) is 35.2 Å². The maximum atomic E-state index is 13.0. The van der Waals surface area contributed by atoms with Crippen LogP contribution in [0.2, 0.25) is 0 Å². The molecular weight excluding hydrogens is 490 g/mol. The molecule has 1 aromatic heterocycles. The number of nitrogens with one attached hydrogen (secondary N) is 4. The highest BCUT2D eigenvalue weighted by Gasteiger charge is 2.31. The molecule has 0 radical (unpaired) electrons. The minimum atomic E-state index is -1.42. The summed E-state index contributed by atoms with van der Waals surface area (Å²) < 4.78 is 0. The molecule has 4 atom stereocenters. The molecular formula is C22H35N7O8. The number of amides is 4. The van der Waals surface area contributed by atoms with Gasteiger partial charge < -0.3 is 42.6 Å². The van der Waals surface area contributed by atoms with E-state index in [2.05, 4.69) is 25.9 Å². The SMILES string of the molecule is CC(C)CC(NC(=O)C(CCC(=O)O)NC(=O)C(N)Cc1cnc[nH]1)C(=O)NC(CCC(N)=O)C(=O)O. The number of nitrogens with zero attached hydrogens (tertiary/aromatic N) is 1. The third kappa shape index (κ3) is 12.0. The average Bonchev–Trinajstić information content (AvgIpc) is 3.30. The van der Waals surface area contributed by atoms with E-state index in [1.807, 2.05) is 0 Å². The summed E-state index contributed by atoms with van der Waals surface area (Å²) in [6.45, 7) is 3.54. The summed E-state index contributed by atoms with van der Waals surface area (Å²) in [7, 11) is 0. The Morgan fingerprint density at radius 2 is 1.49 bits per heavy atom. The number of H-pyrrole nitrogens is 1. The number of carboxylic acid groups (broad SMARTS) is 2. The Kier molecular flexibility index (Phi) is 12.7. The Morgan fingerprint density at radius 1 is 0.919 bits per heavy atom. The Bertz CT molecular complexity index is 951. The van der Waals surface area contributed by atoms with Crippen LogP contribution in [0.25, 0.3) is 0 Å². The minimum Gasteiger partial charge on any atom is -0.481 e. The second kappa shape index (κ2) is 15.2. The van der Waals surface area contributed by atoms with Crippen molar-refractivity contribution in [2.24, 2.45) is 17.4 Å². The van der Waals surface area contributed by atoms with E-state index in [-0.39, 0.29) is 38.0 Å². The quantitative estimate of drug-likeness (QED) is 0.111. The molecule has 0 aliphatic carbocycles. The van der Waals surface area contributed by atoms with Crippen LogP contribution in [0.5, 0.6) is 0 Å². The van der Waals surface area contributed by atoms with Gasteiger partial charge in [-0.2, -0.15) is 0 Å². The smallest absolute Gasteiger partial charge is 0.326 e. The van der Waals surface area contributed by atoms with E-state index in [1.165, 1.54) is 12.5 Å². The Balaban J connectivity index is 2.98. The lowest BCUT2D eigenvalue weighted by atomic mass is 10.0. The van der Waals surface area contributed by atoms with Crippen molar-refractivity contribution in [3.8, 4) is 0 Å². The van der Waals surface area contributed by atoms with Gasteiger partial charge in [0.1, 0.15) is 18.1 Å². The molecule has 0 spiro atoms. The highest BCUT2D eigenvalue weighted by atomic mass is 16.4. The molecule has 206 valence electrons. The third-order valence-electron chi connectivity index (χ3n) is 5.25. The molecule has 1 aromatic rings. The molecule has 4 unspecified atom stereocenters. The summed E-state index contributed by atoms with van der Waals surface area (Å²) >= 11 is 0. The van der Waals surface area contributed by atoms with Crippen molar-refractivity contribution in [2.75, 3.05) is 0 Å². The fourth-order valence-electron chi connectivity index (χ4n) is 3.33. The van der Waals surface area contributed by atoms with Gasteiger partial charge in [0.2, 0.25) is 23.6 Å². The fraction of sp³-hybridized carbons (Fsp3) is 0.591. The second-order valence-corrected chi connectivity index (χ2v) is 8.98. The van der Waals surface area contributed by atoms with E-state index in [1.54, 1.807) is 13.8 Å². The first-order chi connectivity index (χ1) is 17.3. The lowest BCUT2D eigenvalue weighted by molar-refractivity contribution is -0.142. The van der Waals surface area contributed by atoms with E-state index < -0.39 is 66.2 Å². The topological polar surface area (TPSA) is 260 Å². The molecule has 37 heavy (non-hydrogen) atoms. The number of aliphatic carboxylic acids is 2. The lowest BCUT2D eigenvalue weighted by Crippen LogP contribution is -2.57. The minimum absolute atomic E-state index is 0.0827. The first kappa shape index (κ1) is 31.0. The predicted octanol–water partition coefficient (Wildman–Crippen LogP) is -2.01. The molecule has 0 saturated heterocycles. The number of carboxylic acids is 2. The van der Waals surface area contributed by atoms with Crippen molar-refractivity contribution in [1.82, 2.24) is 25.9 Å². The van der Waals surface area contributed by atoms with Gasteiger partial charge in [0, 0.05) is 31.2 Å². The van der Waals surface area contributed by atoms with Gasteiger partial charge >= 0.3 is 11.9 Å².